The minimum Gasteiger partial charge on any atom is -0.390 e. The first kappa shape index (κ1) is 13.5. The van der Waals surface area contributed by atoms with Gasteiger partial charge in [0, 0.05) is 29.8 Å². The van der Waals surface area contributed by atoms with Crippen molar-refractivity contribution in [1.82, 2.24) is 9.78 Å². The summed E-state index contributed by atoms with van der Waals surface area (Å²) in [6, 6.07) is 3.26. The molecule has 6 heteroatoms. The number of hydrogen-bond acceptors (Lipinski definition) is 4. The monoisotopic (exact) mass is 263 g/mol. The van der Waals surface area contributed by atoms with Gasteiger partial charge in [-0.3, -0.25) is 14.8 Å². The Hall–Kier alpha value is -1.95. The molecule has 19 heavy (non-hydrogen) atoms. The Morgan fingerprint density at radius 3 is 2.74 bits per heavy atom. The third kappa shape index (κ3) is 3.08. The minimum atomic E-state index is -0.750. The largest absolute Gasteiger partial charge is 0.390 e. The summed E-state index contributed by atoms with van der Waals surface area (Å²) in [7, 11) is 0. The lowest BCUT2D eigenvalue weighted by Gasteiger charge is -2.16. The van der Waals surface area contributed by atoms with Crippen LogP contribution in [0.15, 0.2) is 18.3 Å². The van der Waals surface area contributed by atoms with Gasteiger partial charge in [0.25, 0.3) is 5.69 Å². The third-order valence-electron chi connectivity index (χ3n) is 3.02. The van der Waals surface area contributed by atoms with E-state index in [9.17, 15) is 15.2 Å². The van der Waals surface area contributed by atoms with Crippen molar-refractivity contribution in [2.75, 3.05) is 0 Å². The maximum atomic E-state index is 10.9. The zero-order chi connectivity index (χ0) is 14.2. The molecule has 0 fully saturated rings. The average molecular weight is 263 g/mol. The second kappa shape index (κ2) is 4.62. The lowest BCUT2D eigenvalue weighted by molar-refractivity contribution is -0.385. The Labute approximate surface area is 110 Å². The second-order valence-electron chi connectivity index (χ2n) is 5.41. The van der Waals surface area contributed by atoms with Gasteiger partial charge in [0.15, 0.2) is 0 Å². The van der Waals surface area contributed by atoms with Crippen LogP contribution >= 0.6 is 0 Å². The second-order valence-corrected chi connectivity index (χ2v) is 5.41. The smallest absolute Gasteiger partial charge is 0.273 e. The van der Waals surface area contributed by atoms with Crippen LogP contribution in [0.1, 0.15) is 25.8 Å². The summed E-state index contributed by atoms with van der Waals surface area (Å²) in [5.74, 6) is 0. The summed E-state index contributed by atoms with van der Waals surface area (Å²) in [5.41, 5.74) is 0.693. The average Bonchev–Trinajstić information content (AvgIpc) is 2.65. The first-order chi connectivity index (χ1) is 8.76. The molecule has 6 nitrogen and oxygen atoms in total. The number of rotatable bonds is 4. The fourth-order valence-corrected chi connectivity index (χ4v) is 1.91. The SMILES string of the molecule is Cc1cc2nn(CCC(C)(C)O)cc2cc1[N+](=O)[O-]. The Balaban J connectivity index is 2.33. The normalized spacial score (nSPS) is 12.0. The van der Waals surface area contributed by atoms with Crippen LogP contribution in [0.3, 0.4) is 0 Å². The number of benzene rings is 1. The molecule has 2 rings (SSSR count). The molecule has 0 amide bonds. The zero-order valence-electron chi connectivity index (χ0n) is 11.3. The van der Waals surface area contributed by atoms with Crippen LogP contribution in [-0.2, 0) is 6.54 Å². The fourth-order valence-electron chi connectivity index (χ4n) is 1.91. The Morgan fingerprint density at radius 1 is 1.47 bits per heavy atom. The van der Waals surface area contributed by atoms with E-state index in [-0.39, 0.29) is 10.6 Å². The molecule has 0 aliphatic rings. The van der Waals surface area contributed by atoms with Crippen LogP contribution in [0.2, 0.25) is 0 Å². The van der Waals surface area contributed by atoms with Crippen molar-refractivity contribution in [3.63, 3.8) is 0 Å². The van der Waals surface area contributed by atoms with Crippen molar-refractivity contribution < 1.29 is 10.0 Å². The summed E-state index contributed by atoms with van der Waals surface area (Å²) < 4.78 is 1.71. The Bertz CT molecular complexity index is 626. The molecule has 0 unspecified atom stereocenters. The van der Waals surface area contributed by atoms with Crippen molar-refractivity contribution in [3.05, 3.63) is 34.0 Å². The zero-order valence-corrected chi connectivity index (χ0v) is 11.3. The molecule has 0 bridgehead atoms. The van der Waals surface area contributed by atoms with Gasteiger partial charge >= 0.3 is 0 Å². The first-order valence-electron chi connectivity index (χ1n) is 6.11. The minimum absolute atomic E-state index is 0.106. The van der Waals surface area contributed by atoms with Gasteiger partial charge in [-0.1, -0.05) is 0 Å². The summed E-state index contributed by atoms with van der Waals surface area (Å²) in [6.45, 7) is 5.76. The van der Waals surface area contributed by atoms with Gasteiger partial charge in [-0.2, -0.15) is 5.10 Å². The van der Waals surface area contributed by atoms with Crippen molar-refractivity contribution in [2.24, 2.45) is 0 Å². The molecule has 1 aromatic heterocycles. The van der Waals surface area contributed by atoms with Crippen molar-refractivity contribution >= 4 is 16.6 Å². The van der Waals surface area contributed by atoms with Crippen LogP contribution < -0.4 is 0 Å². The molecule has 0 radical (unpaired) electrons. The highest BCUT2D eigenvalue weighted by Gasteiger charge is 2.15. The molecule has 0 saturated heterocycles. The van der Waals surface area contributed by atoms with Gasteiger partial charge in [-0.25, -0.2) is 0 Å². The molecular weight excluding hydrogens is 246 g/mol. The lowest BCUT2D eigenvalue weighted by atomic mass is 10.1. The molecule has 0 aliphatic carbocycles. The molecule has 1 heterocycles. The maximum Gasteiger partial charge on any atom is 0.273 e. The summed E-state index contributed by atoms with van der Waals surface area (Å²) in [5, 5.41) is 25.7. The fraction of sp³-hybridized carbons (Fsp3) is 0.462. The van der Waals surface area contributed by atoms with E-state index in [0.29, 0.717) is 18.5 Å². The number of hydrogen-bond donors (Lipinski definition) is 1. The van der Waals surface area contributed by atoms with Crippen molar-refractivity contribution in [3.8, 4) is 0 Å². The highest BCUT2D eigenvalue weighted by atomic mass is 16.6. The molecule has 0 aliphatic heterocycles. The Kier molecular flexibility index (Phi) is 3.28. The highest BCUT2D eigenvalue weighted by molar-refractivity contribution is 5.82. The molecule has 1 N–H and O–H groups in total. The van der Waals surface area contributed by atoms with Crippen LogP contribution in [0.4, 0.5) is 5.69 Å². The first-order valence-corrected chi connectivity index (χ1v) is 6.11. The summed E-state index contributed by atoms with van der Waals surface area (Å²) in [6.07, 6.45) is 2.34. The van der Waals surface area contributed by atoms with E-state index in [1.165, 1.54) is 6.07 Å². The quantitative estimate of drug-likeness (QED) is 0.678. The van der Waals surface area contributed by atoms with Gasteiger partial charge in [0.05, 0.1) is 16.0 Å². The lowest BCUT2D eigenvalue weighted by Crippen LogP contribution is -2.21. The van der Waals surface area contributed by atoms with Crippen molar-refractivity contribution in [2.45, 2.75) is 39.3 Å². The molecule has 0 saturated carbocycles. The highest BCUT2D eigenvalue weighted by Crippen LogP contribution is 2.24. The standard InChI is InChI=1S/C13H17N3O3/c1-9-6-11-10(7-12(9)16(18)19)8-15(14-11)5-4-13(2,3)17/h6-8,17H,4-5H2,1-3H3. The Morgan fingerprint density at radius 2 is 2.16 bits per heavy atom. The van der Waals surface area contributed by atoms with Gasteiger partial charge in [-0.05, 0) is 33.3 Å². The number of aliphatic hydroxyl groups is 1. The third-order valence-corrected chi connectivity index (χ3v) is 3.02. The van der Waals surface area contributed by atoms with Crippen LogP contribution in [0, 0.1) is 17.0 Å². The number of nitro groups is 1. The topological polar surface area (TPSA) is 81.2 Å². The molecule has 1 aromatic carbocycles. The predicted molar refractivity (Wildman–Crippen MR) is 72.0 cm³/mol. The molecule has 0 atom stereocenters. The molecular formula is C13H17N3O3. The molecule has 2 aromatic rings. The van der Waals surface area contributed by atoms with Gasteiger partial charge in [0.2, 0.25) is 0 Å². The molecule has 102 valence electrons. The van der Waals surface area contributed by atoms with Crippen LogP contribution in [0.5, 0.6) is 0 Å². The summed E-state index contributed by atoms with van der Waals surface area (Å²) >= 11 is 0. The number of nitrogens with zero attached hydrogens (tertiary/aromatic N) is 3. The van der Waals surface area contributed by atoms with Crippen LogP contribution in [-0.4, -0.2) is 25.4 Å². The number of nitro benzene ring substituents is 1. The van der Waals surface area contributed by atoms with Gasteiger partial charge in [0.1, 0.15) is 0 Å². The summed E-state index contributed by atoms with van der Waals surface area (Å²) in [4.78, 5) is 10.5. The number of aryl methyl sites for hydroxylation is 2. The van der Waals surface area contributed by atoms with Gasteiger partial charge in [-0.15, -0.1) is 0 Å². The van der Waals surface area contributed by atoms with Crippen LogP contribution in [0.25, 0.3) is 10.9 Å². The number of fused-ring (bicyclic) bond motifs is 1. The van der Waals surface area contributed by atoms with E-state index < -0.39 is 5.60 Å². The predicted octanol–water partition coefficient (Wildman–Crippen LogP) is 2.41. The van der Waals surface area contributed by atoms with E-state index >= 15 is 0 Å². The van der Waals surface area contributed by atoms with Gasteiger partial charge < -0.3 is 5.11 Å². The maximum absolute atomic E-state index is 10.9. The van der Waals surface area contributed by atoms with E-state index in [1.54, 1.807) is 37.7 Å². The number of aromatic nitrogens is 2. The van der Waals surface area contributed by atoms with E-state index in [2.05, 4.69) is 5.10 Å². The van der Waals surface area contributed by atoms with E-state index in [0.717, 1.165) is 10.9 Å². The molecule has 0 spiro atoms. The van der Waals surface area contributed by atoms with Crippen molar-refractivity contribution in [1.29, 1.82) is 0 Å². The van der Waals surface area contributed by atoms with E-state index in [1.807, 2.05) is 0 Å². The van der Waals surface area contributed by atoms with E-state index in [4.69, 9.17) is 0 Å².